The molecule has 1 atom stereocenters. The monoisotopic (exact) mass is 373 g/mol. The lowest BCUT2D eigenvalue weighted by atomic mass is 9.98. The molecule has 0 unspecified atom stereocenters. The maximum absolute atomic E-state index is 13.0. The maximum Gasteiger partial charge on any atom is 0.282 e. The standard InChI is InChI=1S/C25H28N2O/c1-17-15-18(2)23(19(3)16-17)27-25(28)20(4)26-24(21-11-7-5-8-12-21)22-13-9-6-10-14-22/h5-16,20,24,26H,1-4H3,(H,27,28)/p+1/t20-/m1/s1. The minimum absolute atomic E-state index is 0.0203. The van der Waals surface area contributed by atoms with Crippen LogP contribution in [-0.4, -0.2) is 11.9 Å². The molecular formula is C25H29N2O+. The van der Waals surface area contributed by atoms with Crippen molar-refractivity contribution in [3.8, 4) is 0 Å². The van der Waals surface area contributed by atoms with Crippen LogP contribution in [0.4, 0.5) is 5.69 Å². The Kier molecular flexibility index (Phi) is 6.27. The molecule has 0 heterocycles. The third-order valence-corrected chi connectivity index (χ3v) is 5.14. The average molecular weight is 374 g/mol. The molecule has 0 saturated carbocycles. The number of quaternary nitrogens is 1. The predicted molar refractivity (Wildman–Crippen MR) is 115 cm³/mol. The van der Waals surface area contributed by atoms with Crippen LogP contribution >= 0.6 is 0 Å². The van der Waals surface area contributed by atoms with E-state index in [9.17, 15) is 4.79 Å². The van der Waals surface area contributed by atoms with Gasteiger partial charge in [0.1, 0.15) is 6.04 Å². The van der Waals surface area contributed by atoms with Crippen LogP contribution < -0.4 is 10.6 Å². The van der Waals surface area contributed by atoms with Crippen LogP contribution in [0.25, 0.3) is 0 Å². The van der Waals surface area contributed by atoms with Crippen molar-refractivity contribution in [1.29, 1.82) is 0 Å². The highest BCUT2D eigenvalue weighted by atomic mass is 16.2. The molecule has 3 nitrogen and oxygen atoms in total. The van der Waals surface area contributed by atoms with Gasteiger partial charge in [0.05, 0.1) is 0 Å². The van der Waals surface area contributed by atoms with E-state index in [1.807, 2.05) is 57.2 Å². The minimum atomic E-state index is -0.231. The van der Waals surface area contributed by atoms with Gasteiger partial charge in [0.15, 0.2) is 6.04 Å². The quantitative estimate of drug-likeness (QED) is 0.665. The highest BCUT2D eigenvalue weighted by Gasteiger charge is 2.25. The molecule has 3 rings (SSSR count). The summed E-state index contributed by atoms with van der Waals surface area (Å²) in [5.74, 6) is 0.0203. The summed E-state index contributed by atoms with van der Waals surface area (Å²) in [7, 11) is 0. The number of nitrogens with two attached hydrogens (primary N) is 1. The normalized spacial score (nSPS) is 12.0. The van der Waals surface area contributed by atoms with Crippen molar-refractivity contribution in [2.24, 2.45) is 0 Å². The van der Waals surface area contributed by atoms with Crippen LogP contribution in [-0.2, 0) is 4.79 Å². The Labute approximate surface area is 167 Å². The van der Waals surface area contributed by atoms with Crippen LogP contribution in [0.1, 0.15) is 40.8 Å². The smallest absolute Gasteiger partial charge is 0.282 e. The highest BCUT2D eigenvalue weighted by Crippen LogP contribution is 2.22. The number of hydrogen-bond acceptors (Lipinski definition) is 1. The Morgan fingerprint density at radius 2 is 1.29 bits per heavy atom. The van der Waals surface area contributed by atoms with Crippen molar-refractivity contribution in [2.75, 3.05) is 5.32 Å². The molecule has 0 aliphatic heterocycles. The highest BCUT2D eigenvalue weighted by molar-refractivity contribution is 5.95. The van der Waals surface area contributed by atoms with Gasteiger partial charge < -0.3 is 10.6 Å². The number of carbonyl (C=O) groups is 1. The molecule has 0 radical (unpaired) electrons. The molecular weight excluding hydrogens is 344 g/mol. The molecule has 3 heteroatoms. The second kappa shape index (κ2) is 8.85. The van der Waals surface area contributed by atoms with E-state index in [1.165, 1.54) is 16.7 Å². The van der Waals surface area contributed by atoms with Gasteiger partial charge in [0, 0.05) is 16.8 Å². The van der Waals surface area contributed by atoms with Gasteiger partial charge in [0.25, 0.3) is 5.91 Å². The molecule has 144 valence electrons. The van der Waals surface area contributed by atoms with Crippen molar-refractivity contribution >= 4 is 11.6 Å². The molecule has 0 aromatic heterocycles. The van der Waals surface area contributed by atoms with E-state index >= 15 is 0 Å². The summed E-state index contributed by atoms with van der Waals surface area (Å²) in [5.41, 5.74) is 6.71. The Hall–Kier alpha value is -2.91. The maximum atomic E-state index is 13.0. The first-order valence-corrected chi connectivity index (χ1v) is 9.79. The summed E-state index contributed by atoms with van der Waals surface area (Å²) in [6, 6.07) is 24.7. The second-order valence-corrected chi connectivity index (χ2v) is 7.54. The lowest BCUT2D eigenvalue weighted by Crippen LogP contribution is -2.92. The summed E-state index contributed by atoms with van der Waals surface area (Å²) in [6.45, 7) is 8.13. The fraction of sp³-hybridized carbons (Fsp3) is 0.240. The van der Waals surface area contributed by atoms with E-state index in [0.717, 1.165) is 16.8 Å². The van der Waals surface area contributed by atoms with Gasteiger partial charge in [-0.3, -0.25) is 4.79 Å². The van der Waals surface area contributed by atoms with Crippen molar-refractivity contribution in [1.82, 2.24) is 0 Å². The van der Waals surface area contributed by atoms with E-state index in [2.05, 4.69) is 54.0 Å². The average Bonchev–Trinajstić information content (AvgIpc) is 2.69. The number of benzene rings is 3. The van der Waals surface area contributed by atoms with Gasteiger partial charge in [-0.2, -0.15) is 0 Å². The number of nitrogens with one attached hydrogen (secondary N) is 1. The molecule has 0 bridgehead atoms. The van der Waals surface area contributed by atoms with Gasteiger partial charge in [-0.15, -0.1) is 0 Å². The molecule has 3 aromatic rings. The molecule has 28 heavy (non-hydrogen) atoms. The fourth-order valence-corrected chi connectivity index (χ4v) is 3.73. The molecule has 0 saturated heterocycles. The first-order chi connectivity index (χ1) is 13.5. The number of rotatable bonds is 6. The van der Waals surface area contributed by atoms with E-state index in [4.69, 9.17) is 0 Å². The Bertz CT molecular complexity index is 873. The van der Waals surface area contributed by atoms with Gasteiger partial charge in [-0.25, -0.2) is 0 Å². The number of hydrogen-bond donors (Lipinski definition) is 2. The summed E-state index contributed by atoms with van der Waals surface area (Å²) >= 11 is 0. The summed E-state index contributed by atoms with van der Waals surface area (Å²) in [4.78, 5) is 13.0. The first-order valence-electron chi connectivity index (χ1n) is 9.79. The molecule has 3 aromatic carbocycles. The Balaban J connectivity index is 1.80. The Morgan fingerprint density at radius 3 is 1.75 bits per heavy atom. The second-order valence-electron chi connectivity index (χ2n) is 7.54. The summed E-state index contributed by atoms with van der Waals surface area (Å²) < 4.78 is 0. The fourth-order valence-electron chi connectivity index (χ4n) is 3.73. The van der Waals surface area contributed by atoms with Gasteiger partial charge in [-0.1, -0.05) is 78.4 Å². The van der Waals surface area contributed by atoms with Gasteiger partial charge in [0.2, 0.25) is 0 Å². The third-order valence-electron chi connectivity index (χ3n) is 5.14. The van der Waals surface area contributed by atoms with Crippen molar-refractivity contribution in [3.63, 3.8) is 0 Å². The van der Waals surface area contributed by atoms with E-state index in [-0.39, 0.29) is 18.0 Å². The Morgan fingerprint density at radius 1 is 0.821 bits per heavy atom. The zero-order valence-electron chi connectivity index (χ0n) is 17.1. The number of aryl methyl sites for hydroxylation is 3. The van der Waals surface area contributed by atoms with Crippen LogP contribution in [0.3, 0.4) is 0 Å². The third kappa shape index (κ3) is 4.68. The first kappa shape index (κ1) is 19.8. The number of amides is 1. The van der Waals surface area contributed by atoms with Crippen molar-refractivity contribution in [3.05, 3.63) is 101 Å². The molecule has 0 aliphatic carbocycles. The van der Waals surface area contributed by atoms with Crippen LogP contribution in [0, 0.1) is 20.8 Å². The lowest BCUT2D eigenvalue weighted by molar-refractivity contribution is -0.704. The number of carbonyl (C=O) groups excluding carboxylic acids is 1. The zero-order valence-corrected chi connectivity index (χ0v) is 17.1. The van der Waals surface area contributed by atoms with Gasteiger partial charge in [-0.05, 0) is 38.8 Å². The summed E-state index contributed by atoms with van der Waals surface area (Å²) in [5, 5.41) is 5.28. The SMILES string of the molecule is Cc1cc(C)c(NC(=O)[C@@H](C)[NH2+]C(c2ccccc2)c2ccccc2)c(C)c1. The number of anilines is 1. The molecule has 0 aliphatic rings. The zero-order chi connectivity index (χ0) is 20.1. The van der Waals surface area contributed by atoms with Crippen LogP contribution in [0.5, 0.6) is 0 Å². The molecule has 0 fully saturated rings. The van der Waals surface area contributed by atoms with Crippen LogP contribution in [0.2, 0.25) is 0 Å². The van der Waals surface area contributed by atoms with E-state index in [0.29, 0.717) is 0 Å². The molecule has 0 spiro atoms. The lowest BCUT2D eigenvalue weighted by Gasteiger charge is -2.21. The van der Waals surface area contributed by atoms with Gasteiger partial charge >= 0.3 is 0 Å². The van der Waals surface area contributed by atoms with Crippen molar-refractivity contribution in [2.45, 2.75) is 39.8 Å². The summed E-state index contributed by atoms with van der Waals surface area (Å²) in [6.07, 6.45) is 0. The topological polar surface area (TPSA) is 45.7 Å². The predicted octanol–water partition coefficient (Wildman–Crippen LogP) is 4.29. The molecule has 1 amide bonds. The largest absolute Gasteiger partial charge is 0.326 e. The van der Waals surface area contributed by atoms with E-state index in [1.54, 1.807) is 0 Å². The van der Waals surface area contributed by atoms with Crippen molar-refractivity contribution < 1.29 is 10.1 Å². The van der Waals surface area contributed by atoms with E-state index < -0.39 is 0 Å². The van der Waals surface area contributed by atoms with Crippen LogP contribution in [0.15, 0.2) is 72.8 Å². The molecule has 3 N–H and O–H groups in total. The minimum Gasteiger partial charge on any atom is -0.326 e.